The summed E-state index contributed by atoms with van der Waals surface area (Å²) in [6, 6.07) is -0.778. The van der Waals surface area contributed by atoms with Gasteiger partial charge in [0.15, 0.2) is 5.37 Å². The molecule has 0 aromatic carbocycles. The highest BCUT2D eigenvalue weighted by Crippen LogP contribution is 2.45. The molecule has 9 heteroatoms. The number of nitrogens with zero attached hydrogens (tertiary/aromatic N) is 2. The van der Waals surface area contributed by atoms with Crippen LogP contribution < -0.4 is 0 Å². The van der Waals surface area contributed by atoms with Crippen molar-refractivity contribution in [2.24, 2.45) is 0 Å². The number of thioether (sulfide) groups is 1. The van der Waals surface area contributed by atoms with Gasteiger partial charge >= 0.3 is 5.97 Å². The van der Waals surface area contributed by atoms with Gasteiger partial charge in [0.05, 0.1) is 19.3 Å². The molecule has 25 heavy (non-hydrogen) atoms. The highest BCUT2D eigenvalue weighted by Gasteiger charge is 2.52. The topological polar surface area (TPSA) is 70.1 Å². The third kappa shape index (κ3) is 3.36. The smallest absolute Gasteiger partial charge is 0.339 e. The Bertz CT molecular complexity index is 617. The van der Waals surface area contributed by atoms with E-state index in [4.69, 9.17) is 4.74 Å². The molecule has 0 radical (unpaired) electrons. The Morgan fingerprint density at radius 1 is 1.36 bits per heavy atom. The molecule has 6 nitrogen and oxygen atoms in total. The van der Waals surface area contributed by atoms with Gasteiger partial charge in [-0.1, -0.05) is 11.8 Å². The van der Waals surface area contributed by atoms with Crippen LogP contribution >= 0.6 is 11.8 Å². The fourth-order valence-electron chi connectivity index (χ4n) is 3.78. The van der Waals surface area contributed by atoms with E-state index in [-0.39, 0.29) is 18.2 Å². The summed E-state index contributed by atoms with van der Waals surface area (Å²) in [5.41, 5.74) is -0.619. The minimum Gasteiger partial charge on any atom is -0.467 e. The molecule has 1 saturated heterocycles. The summed E-state index contributed by atoms with van der Waals surface area (Å²) in [6.45, 7) is 2.67. The number of ether oxygens (including phenoxy) is 1. The normalized spacial score (nSPS) is 36.9. The maximum atomic E-state index is 13.6. The lowest BCUT2D eigenvalue weighted by molar-refractivity contribution is -0.147. The van der Waals surface area contributed by atoms with Gasteiger partial charge in [-0.15, -0.1) is 0 Å². The van der Waals surface area contributed by atoms with E-state index in [2.05, 4.69) is 0 Å². The minimum atomic E-state index is -2.89. The Hall–Kier alpha value is -1.35. The predicted octanol–water partition coefficient (Wildman–Crippen LogP) is 1.55. The average molecular weight is 376 g/mol. The number of carbonyl (C=O) groups excluding carboxylic acids is 2. The number of hydrogen-bond donors (Lipinski definition) is 1. The number of alkyl halides is 2. The van der Waals surface area contributed by atoms with Crippen molar-refractivity contribution >= 4 is 23.6 Å². The first-order chi connectivity index (χ1) is 11.5. The van der Waals surface area contributed by atoms with E-state index in [1.165, 1.54) is 7.11 Å². The van der Waals surface area contributed by atoms with Crippen LogP contribution in [0.15, 0.2) is 11.1 Å². The number of carbonyl (C=O) groups is 2. The molecular formula is C16H22F2N2O4S. The first-order valence-electron chi connectivity index (χ1n) is 8.18. The van der Waals surface area contributed by atoms with Gasteiger partial charge in [0.1, 0.15) is 5.70 Å². The standard InChI is InChI=1S/C16H22F2N2O4S/c1-9-4-16(17,18)8-19(9)12(21)11-7-25-13(14(22)24-3)20(11)10-5-15(2,23)6-10/h7,9-10,13,23H,4-6,8H2,1-3H3/t9?,10?,13-,15?/m0/s1. The number of hydrogen-bond acceptors (Lipinski definition) is 6. The third-order valence-corrected chi connectivity index (χ3v) is 6.03. The van der Waals surface area contributed by atoms with Crippen molar-refractivity contribution in [3.05, 3.63) is 11.1 Å². The van der Waals surface area contributed by atoms with Crippen molar-refractivity contribution in [2.45, 2.75) is 62.1 Å². The number of rotatable bonds is 3. The van der Waals surface area contributed by atoms with Gasteiger partial charge in [-0.25, -0.2) is 13.6 Å². The molecule has 1 amide bonds. The lowest BCUT2D eigenvalue weighted by atomic mass is 9.76. The number of aliphatic hydroxyl groups is 1. The average Bonchev–Trinajstić information content (AvgIpc) is 3.03. The van der Waals surface area contributed by atoms with Gasteiger partial charge in [-0.05, 0) is 26.7 Å². The Morgan fingerprint density at radius 3 is 2.48 bits per heavy atom. The van der Waals surface area contributed by atoms with E-state index in [0.29, 0.717) is 12.8 Å². The van der Waals surface area contributed by atoms with Crippen molar-refractivity contribution in [3.8, 4) is 0 Å². The van der Waals surface area contributed by atoms with Gasteiger partial charge < -0.3 is 19.6 Å². The van der Waals surface area contributed by atoms with Crippen LogP contribution in [0.4, 0.5) is 8.78 Å². The summed E-state index contributed by atoms with van der Waals surface area (Å²) in [6.07, 6.45) is 0.437. The van der Waals surface area contributed by atoms with Crippen molar-refractivity contribution in [3.63, 3.8) is 0 Å². The van der Waals surface area contributed by atoms with E-state index < -0.39 is 41.4 Å². The molecule has 3 rings (SSSR count). The Labute approximate surface area is 149 Å². The Balaban J connectivity index is 1.81. The maximum Gasteiger partial charge on any atom is 0.339 e. The molecule has 2 aliphatic heterocycles. The molecule has 2 heterocycles. The fraction of sp³-hybridized carbons (Fsp3) is 0.750. The van der Waals surface area contributed by atoms with Crippen molar-refractivity contribution in [1.29, 1.82) is 0 Å². The molecule has 0 aromatic rings. The highest BCUT2D eigenvalue weighted by atomic mass is 32.2. The number of likely N-dealkylation sites (tertiary alicyclic amines) is 1. The summed E-state index contributed by atoms with van der Waals surface area (Å²) in [5.74, 6) is -3.90. The van der Waals surface area contributed by atoms with Crippen molar-refractivity contribution in [1.82, 2.24) is 9.80 Å². The zero-order valence-electron chi connectivity index (χ0n) is 14.4. The fourth-order valence-corrected chi connectivity index (χ4v) is 4.89. The largest absolute Gasteiger partial charge is 0.467 e. The molecule has 1 saturated carbocycles. The van der Waals surface area contributed by atoms with E-state index >= 15 is 0 Å². The van der Waals surface area contributed by atoms with Crippen LogP contribution in [0.5, 0.6) is 0 Å². The van der Waals surface area contributed by atoms with Crippen LogP contribution in [0.2, 0.25) is 0 Å². The summed E-state index contributed by atoms with van der Waals surface area (Å²) in [4.78, 5) is 27.7. The Morgan fingerprint density at radius 2 is 2.00 bits per heavy atom. The molecule has 2 atom stereocenters. The van der Waals surface area contributed by atoms with Gasteiger partial charge in [-0.2, -0.15) is 0 Å². The zero-order valence-corrected chi connectivity index (χ0v) is 15.2. The van der Waals surface area contributed by atoms with Crippen molar-refractivity contribution < 1.29 is 28.2 Å². The molecule has 2 fully saturated rings. The van der Waals surface area contributed by atoms with Gasteiger partial charge in [0.25, 0.3) is 11.8 Å². The second-order valence-electron chi connectivity index (χ2n) is 7.32. The quantitative estimate of drug-likeness (QED) is 0.754. The molecule has 0 aromatic heterocycles. The molecule has 140 valence electrons. The summed E-state index contributed by atoms with van der Waals surface area (Å²) < 4.78 is 32.1. The van der Waals surface area contributed by atoms with Gasteiger partial charge in [0, 0.05) is 23.9 Å². The maximum absolute atomic E-state index is 13.6. The third-order valence-electron chi connectivity index (χ3n) is 4.99. The summed E-state index contributed by atoms with van der Waals surface area (Å²) in [7, 11) is 1.26. The summed E-state index contributed by atoms with van der Waals surface area (Å²) >= 11 is 1.13. The SMILES string of the molecule is COC(=O)[C@@H]1SC=C(C(=O)N2CC(F)(F)CC2C)N1C1CC(C)(O)C1. The molecule has 3 aliphatic rings. The van der Waals surface area contributed by atoms with Gasteiger partial charge in [0.2, 0.25) is 0 Å². The molecule has 0 bridgehead atoms. The van der Waals surface area contributed by atoms with Gasteiger partial charge in [-0.3, -0.25) is 4.79 Å². The minimum absolute atomic E-state index is 0.206. The van der Waals surface area contributed by atoms with Crippen LogP contribution in [-0.2, 0) is 14.3 Å². The van der Waals surface area contributed by atoms with Crippen molar-refractivity contribution in [2.75, 3.05) is 13.7 Å². The van der Waals surface area contributed by atoms with Crippen LogP contribution in [0.25, 0.3) is 0 Å². The molecule has 1 unspecified atom stereocenters. The number of methoxy groups -OCH3 is 1. The lowest BCUT2D eigenvalue weighted by Crippen LogP contribution is -2.57. The molecule has 1 aliphatic carbocycles. The van der Waals surface area contributed by atoms with Crippen LogP contribution in [0, 0.1) is 0 Å². The monoisotopic (exact) mass is 376 g/mol. The number of amides is 1. The van der Waals surface area contributed by atoms with Crippen LogP contribution in [0.1, 0.15) is 33.1 Å². The van der Waals surface area contributed by atoms with E-state index in [1.54, 1.807) is 24.2 Å². The summed E-state index contributed by atoms with van der Waals surface area (Å²) in [5, 5.41) is 10.8. The first kappa shape index (κ1) is 18.4. The number of esters is 1. The van der Waals surface area contributed by atoms with E-state index in [9.17, 15) is 23.5 Å². The number of halogens is 2. The predicted molar refractivity (Wildman–Crippen MR) is 87.7 cm³/mol. The zero-order chi connectivity index (χ0) is 18.6. The Kier molecular flexibility index (Phi) is 4.51. The second kappa shape index (κ2) is 6.12. The van der Waals surface area contributed by atoms with Crippen LogP contribution in [-0.4, -0.2) is 69.4 Å². The highest BCUT2D eigenvalue weighted by molar-refractivity contribution is 8.03. The molecule has 1 N–H and O–H groups in total. The van der Waals surface area contributed by atoms with Crippen LogP contribution in [0.3, 0.4) is 0 Å². The van der Waals surface area contributed by atoms with E-state index in [1.807, 2.05) is 0 Å². The molecular weight excluding hydrogens is 354 g/mol. The second-order valence-corrected chi connectivity index (χ2v) is 8.28. The lowest BCUT2D eigenvalue weighted by Gasteiger charge is -2.48. The molecule has 0 spiro atoms. The van der Waals surface area contributed by atoms with E-state index in [0.717, 1.165) is 16.7 Å². The first-order valence-corrected chi connectivity index (χ1v) is 9.12.